The Morgan fingerprint density at radius 3 is 2.35 bits per heavy atom. The highest BCUT2D eigenvalue weighted by Gasteiger charge is 2.39. The number of benzene rings is 2. The van der Waals surface area contributed by atoms with Gasteiger partial charge in [0, 0.05) is 24.2 Å². The smallest absolute Gasteiger partial charge is 0.309 e. The Kier molecular flexibility index (Phi) is 3.84. The molecule has 0 radical (unpaired) electrons. The number of rotatable bonds is 4. The zero-order valence-electron chi connectivity index (χ0n) is 14.6. The van der Waals surface area contributed by atoms with Crippen molar-refractivity contribution in [3.8, 4) is 11.1 Å². The molecular formula is C22H22ClNO2. The maximum atomic E-state index is 11.0. The van der Waals surface area contributed by atoms with E-state index in [1.165, 1.54) is 40.7 Å². The molecule has 0 bridgehead atoms. The first-order valence-corrected chi connectivity index (χ1v) is 9.87. The zero-order chi connectivity index (χ0) is 17.8. The van der Waals surface area contributed by atoms with Gasteiger partial charge in [0.1, 0.15) is 0 Å². The van der Waals surface area contributed by atoms with Crippen LogP contribution in [0.5, 0.6) is 0 Å². The van der Waals surface area contributed by atoms with Gasteiger partial charge in [-0.05, 0) is 65.5 Å². The van der Waals surface area contributed by atoms with Gasteiger partial charge in [-0.15, -0.1) is 0 Å². The molecule has 1 atom stereocenters. The fourth-order valence-electron chi connectivity index (χ4n) is 4.51. The second kappa shape index (κ2) is 6.11. The van der Waals surface area contributed by atoms with E-state index < -0.39 is 5.97 Å². The number of likely N-dealkylation sites (tertiary alicyclic amines) is 1. The number of halogens is 1. The molecule has 2 fully saturated rings. The molecule has 1 N–H and O–H groups in total. The molecule has 134 valence electrons. The summed E-state index contributed by atoms with van der Waals surface area (Å²) < 4.78 is 0. The van der Waals surface area contributed by atoms with E-state index in [9.17, 15) is 4.79 Å². The lowest BCUT2D eigenvalue weighted by Crippen LogP contribution is -2.51. The van der Waals surface area contributed by atoms with E-state index >= 15 is 0 Å². The van der Waals surface area contributed by atoms with E-state index in [2.05, 4.69) is 41.3 Å². The molecule has 26 heavy (non-hydrogen) atoms. The average Bonchev–Trinajstić information content (AvgIpc) is 3.34. The molecule has 5 rings (SSSR count). The lowest BCUT2D eigenvalue weighted by atomic mass is 9.94. The summed E-state index contributed by atoms with van der Waals surface area (Å²) in [6.45, 7) is 1.36. The van der Waals surface area contributed by atoms with Crippen molar-refractivity contribution in [2.75, 3.05) is 13.1 Å². The normalized spacial score (nSPS) is 22.9. The average molecular weight is 368 g/mol. The lowest BCUT2D eigenvalue weighted by molar-refractivity contribution is -0.148. The predicted octanol–water partition coefficient (Wildman–Crippen LogP) is 4.89. The first-order chi connectivity index (χ1) is 12.6. The Bertz CT molecular complexity index is 884. The van der Waals surface area contributed by atoms with Crippen LogP contribution in [0.2, 0.25) is 5.02 Å². The van der Waals surface area contributed by atoms with Crippen LogP contribution in [0, 0.1) is 5.92 Å². The van der Waals surface area contributed by atoms with E-state index in [1.54, 1.807) is 0 Å². The summed E-state index contributed by atoms with van der Waals surface area (Å²) >= 11 is 6.51. The molecule has 4 heteroatoms. The topological polar surface area (TPSA) is 40.5 Å². The van der Waals surface area contributed by atoms with Crippen LogP contribution in [-0.2, 0) is 11.2 Å². The highest BCUT2D eigenvalue weighted by Crippen LogP contribution is 2.45. The summed E-state index contributed by atoms with van der Waals surface area (Å²) in [5.74, 6) is -0.185. The minimum atomic E-state index is -0.665. The molecule has 2 aromatic rings. The maximum Gasteiger partial charge on any atom is 0.309 e. The monoisotopic (exact) mass is 367 g/mol. The van der Waals surface area contributed by atoms with Crippen molar-refractivity contribution in [1.82, 2.24) is 4.90 Å². The Labute approximate surface area is 158 Å². The van der Waals surface area contributed by atoms with Gasteiger partial charge in [-0.1, -0.05) is 41.9 Å². The first-order valence-electron chi connectivity index (χ1n) is 9.49. The van der Waals surface area contributed by atoms with Crippen LogP contribution in [0.25, 0.3) is 11.1 Å². The summed E-state index contributed by atoms with van der Waals surface area (Å²) in [5.41, 5.74) is 6.47. The molecule has 3 aliphatic rings. The van der Waals surface area contributed by atoms with Gasteiger partial charge in [-0.3, -0.25) is 9.69 Å². The Morgan fingerprint density at radius 1 is 1.00 bits per heavy atom. The minimum absolute atomic E-state index is 0.189. The van der Waals surface area contributed by atoms with Crippen molar-refractivity contribution in [2.24, 2.45) is 5.92 Å². The van der Waals surface area contributed by atoms with Gasteiger partial charge in [0.25, 0.3) is 0 Å². The van der Waals surface area contributed by atoms with Crippen molar-refractivity contribution in [3.63, 3.8) is 0 Å². The number of carboxylic acid groups (broad SMARTS) is 1. The van der Waals surface area contributed by atoms with Crippen LogP contribution < -0.4 is 0 Å². The summed E-state index contributed by atoms with van der Waals surface area (Å²) in [5, 5.41) is 9.99. The van der Waals surface area contributed by atoms with Crippen LogP contribution >= 0.6 is 11.6 Å². The molecular weight excluding hydrogens is 346 g/mol. The van der Waals surface area contributed by atoms with Crippen LogP contribution in [0.3, 0.4) is 0 Å². The van der Waals surface area contributed by atoms with Gasteiger partial charge in [0.2, 0.25) is 0 Å². The van der Waals surface area contributed by atoms with Gasteiger partial charge in [0.15, 0.2) is 0 Å². The summed E-state index contributed by atoms with van der Waals surface area (Å²) in [7, 11) is 0. The lowest BCUT2D eigenvalue weighted by Gasteiger charge is -2.41. The molecule has 3 nitrogen and oxygen atoms in total. The quantitative estimate of drug-likeness (QED) is 0.836. The number of carbonyl (C=O) groups is 1. The third-order valence-electron chi connectivity index (χ3n) is 6.24. The first kappa shape index (κ1) is 16.3. The zero-order valence-corrected chi connectivity index (χ0v) is 15.4. The van der Waals surface area contributed by atoms with Gasteiger partial charge >= 0.3 is 5.97 Å². The van der Waals surface area contributed by atoms with E-state index in [4.69, 9.17) is 16.7 Å². The largest absolute Gasteiger partial charge is 0.481 e. The number of nitrogens with zero attached hydrogens (tertiary/aromatic N) is 1. The third kappa shape index (κ3) is 2.74. The van der Waals surface area contributed by atoms with Crippen molar-refractivity contribution in [2.45, 2.75) is 37.6 Å². The molecule has 1 unspecified atom stereocenters. The number of aryl methyl sites for hydroxylation is 1. The standard InChI is InChI=1S/C22H22ClNO2/c23-20-10-15(3-6-18(20)13-1-2-13)14-4-7-19-16(9-14)5-8-21(19)24-11-17(12-24)22(25)26/h3-4,6-7,9-10,13,17,21H,1-2,5,8,11-12H2,(H,25,26). The highest BCUT2D eigenvalue weighted by atomic mass is 35.5. The number of hydrogen-bond donors (Lipinski definition) is 1. The fraction of sp³-hybridized carbons (Fsp3) is 0.409. The van der Waals surface area contributed by atoms with E-state index in [0.29, 0.717) is 25.0 Å². The second-order valence-electron chi connectivity index (χ2n) is 7.97. The van der Waals surface area contributed by atoms with Crippen molar-refractivity contribution >= 4 is 17.6 Å². The van der Waals surface area contributed by atoms with Crippen molar-refractivity contribution in [3.05, 3.63) is 58.1 Å². The SMILES string of the molecule is O=C(O)C1CN(C2CCc3cc(-c4ccc(C5CC5)c(Cl)c4)ccc32)C1. The van der Waals surface area contributed by atoms with Gasteiger partial charge in [-0.25, -0.2) is 0 Å². The molecule has 1 saturated heterocycles. The number of aliphatic carboxylic acids is 1. The molecule has 2 aromatic carbocycles. The van der Waals surface area contributed by atoms with Crippen molar-refractivity contribution < 1.29 is 9.90 Å². The summed E-state index contributed by atoms with van der Waals surface area (Å²) in [6, 6.07) is 13.6. The second-order valence-corrected chi connectivity index (χ2v) is 8.37. The van der Waals surface area contributed by atoms with Crippen LogP contribution in [0.1, 0.15) is 47.9 Å². The Balaban J connectivity index is 1.37. The molecule has 0 amide bonds. The molecule has 1 saturated carbocycles. The maximum absolute atomic E-state index is 11.0. The molecule has 0 spiro atoms. The van der Waals surface area contributed by atoms with Gasteiger partial charge < -0.3 is 5.11 Å². The van der Waals surface area contributed by atoms with E-state index in [0.717, 1.165) is 17.9 Å². The predicted molar refractivity (Wildman–Crippen MR) is 103 cm³/mol. The van der Waals surface area contributed by atoms with Gasteiger partial charge in [-0.2, -0.15) is 0 Å². The van der Waals surface area contributed by atoms with E-state index in [1.807, 2.05) is 0 Å². The van der Waals surface area contributed by atoms with Crippen LogP contribution in [0.15, 0.2) is 36.4 Å². The summed E-state index contributed by atoms with van der Waals surface area (Å²) in [6.07, 6.45) is 4.68. The molecule has 0 aromatic heterocycles. The van der Waals surface area contributed by atoms with Crippen LogP contribution in [0.4, 0.5) is 0 Å². The van der Waals surface area contributed by atoms with Crippen molar-refractivity contribution in [1.29, 1.82) is 0 Å². The number of carboxylic acids is 1. The Hall–Kier alpha value is -1.84. The summed E-state index contributed by atoms with van der Waals surface area (Å²) in [4.78, 5) is 13.4. The third-order valence-corrected chi connectivity index (χ3v) is 6.57. The number of fused-ring (bicyclic) bond motifs is 1. The minimum Gasteiger partial charge on any atom is -0.481 e. The Morgan fingerprint density at radius 2 is 1.69 bits per heavy atom. The van der Waals surface area contributed by atoms with Gasteiger partial charge in [0.05, 0.1) is 5.92 Å². The fourth-order valence-corrected chi connectivity index (χ4v) is 4.84. The molecule has 1 heterocycles. The highest BCUT2D eigenvalue weighted by molar-refractivity contribution is 6.31. The molecule has 1 aliphatic heterocycles. The number of hydrogen-bond acceptors (Lipinski definition) is 2. The molecule has 2 aliphatic carbocycles. The van der Waals surface area contributed by atoms with E-state index in [-0.39, 0.29) is 5.92 Å². The van der Waals surface area contributed by atoms with Crippen LogP contribution in [-0.4, -0.2) is 29.1 Å².